The molecular formula is C13H14N2O4S. The minimum atomic E-state index is -1.11. The Balaban J connectivity index is 2.16. The van der Waals surface area contributed by atoms with E-state index in [1.54, 1.807) is 0 Å². The molecule has 1 amide bonds. The van der Waals surface area contributed by atoms with Gasteiger partial charge in [-0.3, -0.25) is 14.5 Å². The van der Waals surface area contributed by atoms with Crippen LogP contribution in [0.25, 0.3) is 0 Å². The van der Waals surface area contributed by atoms with Crippen molar-refractivity contribution in [3.05, 3.63) is 23.9 Å². The molecule has 2 rings (SSSR count). The van der Waals surface area contributed by atoms with Crippen LogP contribution in [0.5, 0.6) is 0 Å². The molecule has 1 saturated heterocycles. The SMILES string of the molecule is CC(=O)SCC1CC(=O)N(c2ncccc2C(=O)O)C1. The van der Waals surface area contributed by atoms with Crippen molar-refractivity contribution < 1.29 is 19.5 Å². The Morgan fingerprint density at radius 1 is 1.55 bits per heavy atom. The van der Waals surface area contributed by atoms with E-state index < -0.39 is 5.97 Å². The summed E-state index contributed by atoms with van der Waals surface area (Å²) in [6.07, 6.45) is 1.78. The van der Waals surface area contributed by atoms with E-state index in [-0.39, 0.29) is 28.3 Å². The molecule has 1 aromatic heterocycles. The van der Waals surface area contributed by atoms with E-state index in [4.69, 9.17) is 5.11 Å². The van der Waals surface area contributed by atoms with Crippen molar-refractivity contribution in [1.29, 1.82) is 0 Å². The first kappa shape index (κ1) is 14.5. The number of amides is 1. The lowest BCUT2D eigenvalue weighted by Gasteiger charge is -2.17. The maximum atomic E-state index is 12.0. The lowest BCUT2D eigenvalue weighted by atomic mass is 10.1. The summed E-state index contributed by atoms with van der Waals surface area (Å²) in [5.74, 6) is -0.476. The minimum Gasteiger partial charge on any atom is -0.478 e. The van der Waals surface area contributed by atoms with Gasteiger partial charge in [-0.1, -0.05) is 11.8 Å². The molecule has 6 nitrogen and oxygen atoms in total. The molecule has 0 bridgehead atoms. The highest BCUT2D eigenvalue weighted by atomic mass is 32.2. The molecule has 0 aromatic carbocycles. The summed E-state index contributed by atoms with van der Waals surface area (Å²) in [7, 11) is 0. The van der Waals surface area contributed by atoms with E-state index in [2.05, 4.69) is 4.98 Å². The Bertz CT molecular complexity index is 561. The summed E-state index contributed by atoms with van der Waals surface area (Å²) in [5, 5.41) is 9.14. The lowest BCUT2D eigenvalue weighted by Crippen LogP contribution is -2.27. The maximum Gasteiger partial charge on any atom is 0.339 e. The summed E-state index contributed by atoms with van der Waals surface area (Å²) in [6.45, 7) is 1.89. The standard InChI is InChI=1S/C13H14N2O4S/c1-8(16)20-7-9-5-11(17)15(6-9)12-10(13(18)19)3-2-4-14-12/h2-4,9H,5-7H2,1H3,(H,18,19). The largest absolute Gasteiger partial charge is 0.478 e. The van der Waals surface area contributed by atoms with Crippen LogP contribution in [0.15, 0.2) is 18.3 Å². The number of carboxylic acids is 1. The fourth-order valence-corrected chi connectivity index (χ4v) is 2.81. The van der Waals surface area contributed by atoms with Crippen LogP contribution in [0.4, 0.5) is 5.82 Å². The fourth-order valence-electron chi connectivity index (χ4n) is 2.11. The predicted molar refractivity (Wildman–Crippen MR) is 74.8 cm³/mol. The molecule has 1 fully saturated rings. The number of aromatic nitrogens is 1. The quantitative estimate of drug-likeness (QED) is 0.903. The van der Waals surface area contributed by atoms with Crippen molar-refractivity contribution >= 4 is 34.6 Å². The van der Waals surface area contributed by atoms with Crippen molar-refractivity contribution in [2.75, 3.05) is 17.2 Å². The Labute approximate surface area is 120 Å². The van der Waals surface area contributed by atoms with Crippen LogP contribution < -0.4 is 4.90 Å². The molecule has 0 aliphatic carbocycles. The molecule has 0 radical (unpaired) electrons. The first-order valence-corrected chi connectivity index (χ1v) is 7.09. The third kappa shape index (κ3) is 3.16. The summed E-state index contributed by atoms with van der Waals surface area (Å²) >= 11 is 1.18. The second-order valence-corrected chi connectivity index (χ2v) is 5.75. The Hall–Kier alpha value is -1.89. The monoisotopic (exact) mass is 294 g/mol. The van der Waals surface area contributed by atoms with Crippen LogP contribution in [0, 0.1) is 5.92 Å². The van der Waals surface area contributed by atoms with Crippen molar-refractivity contribution in [3.63, 3.8) is 0 Å². The summed E-state index contributed by atoms with van der Waals surface area (Å²) in [6, 6.07) is 2.95. The first-order valence-electron chi connectivity index (χ1n) is 6.11. The summed E-state index contributed by atoms with van der Waals surface area (Å²) in [4.78, 5) is 39.5. The van der Waals surface area contributed by atoms with Gasteiger partial charge in [0.2, 0.25) is 5.91 Å². The van der Waals surface area contributed by atoms with Crippen LogP contribution in [0.1, 0.15) is 23.7 Å². The number of carbonyl (C=O) groups excluding carboxylic acids is 2. The normalized spacial score (nSPS) is 18.4. The van der Waals surface area contributed by atoms with E-state index in [9.17, 15) is 14.4 Å². The second kappa shape index (κ2) is 6.04. The highest BCUT2D eigenvalue weighted by molar-refractivity contribution is 8.13. The number of carbonyl (C=O) groups is 3. The van der Waals surface area contributed by atoms with Crippen LogP contribution in [0.3, 0.4) is 0 Å². The maximum absolute atomic E-state index is 12.0. The topological polar surface area (TPSA) is 87.6 Å². The van der Waals surface area contributed by atoms with Gasteiger partial charge in [-0.25, -0.2) is 9.78 Å². The Morgan fingerprint density at radius 3 is 2.95 bits per heavy atom. The van der Waals surface area contributed by atoms with Gasteiger partial charge >= 0.3 is 5.97 Å². The third-order valence-corrected chi connectivity index (χ3v) is 4.04. The average Bonchev–Trinajstić information content (AvgIpc) is 2.77. The van der Waals surface area contributed by atoms with Crippen LogP contribution >= 0.6 is 11.8 Å². The lowest BCUT2D eigenvalue weighted by molar-refractivity contribution is -0.117. The summed E-state index contributed by atoms with van der Waals surface area (Å²) in [5.41, 5.74) is 0.0146. The molecule has 7 heteroatoms. The van der Waals surface area contributed by atoms with Gasteiger partial charge in [0.1, 0.15) is 11.4 Å². The predicted octanol–water partition coefficient (Wildman–Crippen LogP) is 1.41. The van der Waals surface area contributed by atoms with E-state index >= 15 is 0 Å². The van der Waals surface area contributed by atoms with Gasteiger partial charge in [-0.05, 0) is 18.1 Å². The van der Waals surface area contributed by atoms with Crippen molar-refractivity contribution in [2.45, 2.75) is 13.3 Å². The number of nitrogens with zero attached hydrogens (tertiary/aromatic N) is 2. The highest BCUT2D eigenvalue weighted by Gasteiger charge is 2.33. The molecule has 1 N–H and O–H groups in total. The zero-order valence-corrected chi connectivity index (χ0v) is 11.7. The number of hydrogen-bond acceptors (Lipinski definition) is 5. The number of anilines is 1. The van der Waals surface area contributed by atoms with Crippen LogP contribution in [-0.2, 0) is 9.59 Å². The van der Waals surface area contributed by atoms with Gasteiger partial charge in [0.05, 0.1) is 0 Å². The van der Waals surface area contributed by atoms with E-state index in [1.165, 1.54) is 41.9 Å². The fraction of sp³-hybridized carbons (Fsp3) is 0.385. The van der Waals surface area contributed by atoms with Crippen molar-refractivity contribution in [2.24, 2.45) is 5.92 Å². The van der Waals surface area contributed by atoms with Crippen molar-refractivity contribution in [3.8, 4) is 0 Å². The van der Waals surface area contributed by atoms with E-state index in [0.29, 0.717) is 18.7 Å². The third-order valence-electron chi connectivity index (χ3n) is 3.00. The second-order valence-electron chi connectivity index (χ2n) is 4.56. The van der Waals surface area contributed by atoms with E-state index in [1.807, 2.05) is 0 Å². The molecule has 0 spiro atoms. The van der Waals surface area contributed by atoms with Gasteiger partial charge in [0.15, 0.2) is 5.12 Å². The molecule has 0 saturated carbocycles. The molecule has 1 unspecified atom stereocenters. The number of rotatable bonds is 4. The smallest absolute Gasteiger partial charge is 0.339 e. The van der Waals surface area contributed by atoms with E-state index in [0.717, 1.165) is 0 Å². The molecule has 1 aromatic rings. The Morgan fingerprint density at radius 2 is 2.30 bits per heavy atom. The van der Waals surface area contributed by atoms with Gasteiger partial charge in [0, 0.05) is 31.8 Å². The highest BCUT2D eigenvalue weighted by Crippen LogP contribution is 2.28. The number of thioether (sulfide) groups is 1. The average molecular weight is 294 g/mol. The van der Waals surface area contributed by atoms with Crippen molar-refractivity contribution in [1.82, 2.24) is 4.98 Å². The number of hydrogen-bond donors (Lipinski definition) is 1. The van der Waals surface area contributed by atoms with Crippen LogP contribution in [-0.4, -0.2) is 39.4 Å². The minimum absolute atomic E-state index is 0.0139. The first-order chi connectivity index (χ1) is 9.49. The van der Waals surface area contributed by atoms with Gasteiger partial charge in [-0.15, -0.1) is 0 Å². The number of carboxylic acid groups (broad SMARTS) is 1. The molecule has 20 heavy (non-hydrogen) atoms. The molecule has 2 heterocycles. The zero-order valence-electron chi connectivity index (χ0n) is 10.9. The van der Waals surface area contributed by atoms with Crippen LogP contribution in [0.2, 0.25) is 0 Å². The Kier molecular flexibility index (Phi) is 4.39. The molecule has 1 aliphatic heterocycles. The number of pyridine rings is 1. The zero-order chi connectivity index (χ0) is 14.7. The number of aromatic carboxylic acids is 1. The van der Waals surface area contributed by atoms with Gasteiger partial charge < -0.3 is 5.11 Å². The molecular weight excluding hydrogens is 280 g/mol. The molecule has 1 atom stereocenters. The van der Waals surface area contributed by atoms with Gasteiger partial charge in [0.25, 0.3) is 0 Å². The summed E-state index contributed by atoms with van der Waals surface area (Å²) < 4.78 is 0. The molecule has 1 aliphatic rings. The van der Waals surface area contributed by atoms with Gasteiger partial charge in [-0.2, -0.15) is 0 Å². The molecule has 106 valence electrons.